The molecule has 0 saturated heterocycles. The monoisotopic (exact) mass is 252 g/mol. The summed E-state index contributed by atoms with van der Waals surface area (Å²) in [7, 11) is 0. The summed E-state index contributed by atoms with van der Waals surface area (Å²) in [5.74, 6) is 0.515. The number of H-pyrrole nitrogens is 1. The van der Waals surface area contributed by atoms with Gasteiger partial charge in [0, 0.05) is 6.42 Å². The van der Waals surface area contributed by atoms with E-state index in [1.807, 2.05) is 0 Å². The van der Waals surface area contributed by atoms with Gasteiger partial charge in [-0.15, -0.1) is 10.2 Å². The van der Waals surface area contributed by atoms with Gasteiger partial charge in [-0.2, -0.15) is 5.21 Å². The van der Waals surface area contributed by atoms with Crippen molar-refractivity contribution in [3.8, 4) is 0 Å². The lowest BCUT2D eigenvalue weighted by atomic mass is 9.71. The van der Waals surface area contributed by atoms with Crippen molar-refractivity contribution in [2.24, 2.45) is 11.1 Å². The van der Waals surface area contributed by atoms with Gasteiger partial charge in [0.2, 0.25) is 5.91 Å². The minimum absolute atomic E-state index is 0.000410. The molecular weight excluding hydrogens is 232 g/mol. The second kappa shape index (κ2) is 5.90. The molecule has 1 heterocycles. The average molecular weight is 252 g/mol. The number of carbonyl (C=O) groups excluding carboxylic acids is 1. The van der Waals surface area contributed by atoms with Crippen LogP contribution in [0.1, 0.15) is 44.3 Å². The van der Waals surface area contributed by atoms with Crippen LogP contribution in [-0.4, -0.2) is 33.1 Å². The maximum atomic E-state index is 11.9. The maximum absolute atomic E-state index is 11.9. The lowest BCUT2D eigenvalue weighted by Gasteiger charge is -2.35. The number of nitrogens with two attached hydrogens (primary N) is 1. The number of nitrogens with one attached hydrogen (secondary N) is 2. The van der Waals surface area contributed by atoms with Crippen LogP contribution in [0.4, 0.5) is 0 Å². The molecule has 1 fully saturated rings. The third kappa shape index (κ3) is 3.25. The van der Waals surface area contributed by atoms with E-state index in [2.05, 4.69) is 25.9 Å². The molecule has 1 aliphatic rings. The van der Waals surface area contributed by atoms with Gasteiger partial charge >= 0.3 is 0 Å². The quantitative estimate of drug-likeness (QED) is 0.689. The molecule has 7 nitrogen and oxygen atoms in total. The summed E-state index contributed by atoms with van der Waals surface area (Å²) in [6.45, 7) is 0.901. The van der Waals surface area contributed by atoms with Crippen LogP contribution in [0, 0.1) is 5.41 Å². The van der Waals surface area contributed by atoms with Crippen LogP contribution < -0.4 is 11.1 Å². The van der Waals surface area contributed by atoms with Crippen molar-refractivity contribution in [1.82, 2.24) is 25.9 Å². The van der Waals surface area contributed by atoms with E-state index in [-0.39, 0.29) is 11.3 Å². The van der Waals surface area contributed by atoms with Gasteiger partial charge in [0.1, 0.15) is 0 Å². The molecule has 0 aromatic carbocycles. The van der Waals surface area contributed by atoms with Crippen molar-refractivity contribution >= 4 is 5.91 Å². The summed E-state index contributed by atoms with van der Waals surface area (Å²) >= 11 is 0. The Morgan fingerprint density at radius 3 is 2.78 bits per heavy atom. The first kappa shape index (κ1) is 12.9. The van der Waals surface area contributed by atoms with Crippen LogP contribution in [0.3, 0.4) is 0 Å². The number of aromatic nitrogens is 4. The smallest absolute Gasteiger partial charge is 0.220 e. The van der Waals surface area contributed by atoms with Crippen molar-refractivity contribution < 1.29 is 4.79 Å². The molecular formula is C11H20N6O. The van der Waals surface area contributed by atoms with E-state index >= 15 is 0 Å². The standard InChI is InChI=1S/C11H20N6O/c12-8-11(4-2-1-3-5-11)6-10(18)13-7-9-14-16-17-15-9/h1-8,12H2,(H,13,18)(H,14,15,16,17). The third-order valence-electron chi connectivity index (χ3n) is 3.72. The molecule has 7 heteroatoms. The molecule has 0 spiro atoms. The minimum atomic E-state index is -0.000410. The number of rotatable bonds is 5. The summed E-state index contributed by atoms with van der Waals surface area (Å²) in [6.07, 6.45) is 6.22. The Bertz CT molecular complexity index is 371. The lowest BCUT2D eigenvalue weighted by Crippen LogP contribution is -2.38. The van der Waals surface area contributed by atoms with Crippen molar-refractivity contribution in [2.45, 2.75) is 45.1 Å². The van der Waals surface area contributed by atoms with Gasteiger partial charge in [-0.05, 0) is 24.8 Å². The van der Waals surface area contributed by atoms with Crippen molar-refractivity contribution in [3.05, 3.63) is 5.82 Å². The summed E-state index contributed by atoms with van der Waals surface area (Å²) in [4.78, 5) is 11.9. The highest BCUT2D eigenvalue weighted by atomic mass is 16.1. The van der Waals surface area contributed by atoms with Gasteiger partial charge in [-0.25, -0.2) is 0 Å². The van der Waals surface area contributed by atoms with Gasteiger partial charge in [-0.1, -0.05) is 24.5 Å². The van der Waals surface area contributed by atoms with Crippen LogP contribution >= 0.6 is 0 Å². The zero-order chi connectivity index (χ0) is 12.8. The normalized spacial score (nSPS) is 18.5. The fourth-order valence-corrected chi connectivity index (χ4v) is 2.59. The van der Waals surface area contributed by atoms with E-state index in [0.29, 0.717) is 25.3 Å². The first-order valence-corrected chi connectivity index (χ1v) is 6.43. The Morgan fingerprint density at radius 1 is 1.39 bits per heavy atom. The molecule has 0 aliphatic heterocycles. The van der Waals surface area contributed by atoms with Crippen molar-refractivity contribution in [1.29, 1.82) is 0 Å². The average Bonchev–Trinajstić information content (AvgIpc) is 2.91. The molecule has 100 valence electrons. The fraction of sp³-hybridized carbons (Fsp3) is 0.818. The van der Waals surface area contributed by atoms with Gasteiger partial charge in [0.05, 0.1) is 6.54 Å². The molecule has 0 unspecified atom stereocenters. The number of tetrazole rings is 1. The Kier molecular flexibility index (Phi) is 4.24. The molecule has 0 bridgehead atoms. The molecule has 1 saturated carbocycles. The summed E-state index contributed by atoms with van der Waals surface area (Å²) in [5.41, 5.74) is 5.86. The molecule has 0 atom stereocenters. The minimum Gasteiger partial charge on any atom is -0.349 e. The predicted octanol–water partition coefficient (Wildman–Crippen LogP) is 0.115. The summed E-state index contributed by atoms with van der Waals surface area (Å²) in [6, 6.07) is 0. The molecule has 0 radical (unpaired) electrons. The third-order valence-corrected chi connectivity index (χ3v) is 3.72. The van der Waals surface area contributed by atoms with Crippen LogP contribution in [0.2, 0.25) is 0 Å². The second-order valence-corrected chi connectivity index (χ2v) is 5.05. The summed E-state index contributed by atoms with van der Waals surface area (Å²) in [5, 5.41) is 16.2. The molecule has 2 rings (SSSR count). The van der Waals surface area contributed by atoms with Gasteiger partial charge in [0.15, 0.2) is 5.82 Å². The highest BCUT2D eigenvalue weighted by molar-refractivity contribution is 5.76. The lowest BCUT2D eigenvalue weighted by molar-refractivity contribution is -0.124. The fourth-order valence-electron chi connectivity index (χ4n) is 2.59. The van der Waals surface area contributed by atoms with Crippen LogP contribution in [-0.2, 0) is 11.3 Å². The number of amides is 1. The zero-order valence-electron chi connectivity index (χ0n) is 10.5. The highest BCUT2D eigenvalue weighted by Gasteiger charge is 2.32. The molecule has 1 aromatic rings. The number of hydrogen-bond donors (Lipinski definition) is 3. The highest BCUT2D eigenvalue weighted by Crippen LogP contribution is 2.38. The summed E-state index contributed by atoms with van der Waals surface area (Å²) < 4.78 is 0. The van der Waals surface area contributed by atoms with E-state index < -0.39 is 0 Å². The largest absolute Gasteiger partial charge is 0.349 e. The molecule has 1 amide bonds. The second-order valence-electron chi connectivity index (χ2n) is 5.05. The van der Waals surface area contributed by atoms with E-state index in [4.69, 9.17) is 5.73 Å². The van der Waals surface area contributed by atoms with E-state index in [9.17, 15) is 4.79 Å². The van der Waals surface area contributed by atoms with Crippen molar-refractivity contribution in [2.75, 3.05) is 6.54 Å². The number of aromatic amines is 1. The molecule has 4 N–H and O–H groups in total. The van der Waals surface area contributed by atoms with E-state index in [1.165, 1.54) is 19.3 Å². The van der Waals surface area contributed by atoms with E-state index in [1.54, 1.807) is 0 Å². The SMILES string of the molecule is NCC1(CC(=O)NCc2nn[nH]n2)CCCCC1. The van der Waals surface area contributed by atoms with Crippen LogP contribution in [0.5, 0.6) is 0 Å². The Labute approximate surface area is 106 Å². The first-order valence-electron chi connectivity index (χ1n) is 6.43. The van der Waals surface area contributed by atoms with E-state index in [0.717, 1.165) is 12.8 Å². The van der Waals surface area contributed by atoms with Crippen LogP contribution in [0.25, 0.3) is 0 Å². The van der Waals surface area contributed by atoms with Gasteiger partial charge in [-0.3, -0.25) is 4.79 Å². The van der Waals surface area contributed by atoms with Crippen LogP contribution in [0.15, 0.2) is 0 Å². The Hall–Kier alpha value is -1.50. The Morgan fingerprint density at radius 2 is 2.17 bits per heavy atom. The molecule has 18 heavy (non-hydrogen) atoms. The van der Waals surface area contributed by atoms with Crippen molar-refractivity contribution in [3.63, 3.8) is 0 Å². The first-order chi connectivity index (χ1) is 8.74. The maximum Gasteiger partial charge on any atom is 0.220 e. The topological polar surface area (TPSA) is 110 Å². The number of nitrogens with zero attached hydrogens (tertiary/aromatic N) is 3. The zero-order valence-corrected chi connectivity index (χ0v) is 10.5. The predicted molar refractivity (Wildman–Crippen MR) is 65.2 cm³/mol. The molecule has 1 aromatic heterocycles. The number of hydrogen-bond acceptors (Lipinski definition) is 5. The number of carbonyl (C=O) groups is 1. The van der Waals surface area contributed by atoms with Gasteiger partial charge in [0.25, 0.3) is 0 Å². The van der Waals surface area contributed by atoms with Gasteiger partial charge < -0.3 is 11.1 Å². The molecule has 1 aliphatic carbocycles. The Balaban J connectivity index is 1.81.